The summed E-state index contributed by atoms with van der Waals surface area (Å²) in [7, 11) is 1.89. The molecule has 1 amide bonds. The number of amides is 1. The maximum absolute atomic E-state index is 11.5. The van der Waals surface area contributed by atoms with E-state index in [1.807, 2.05) is 11.6 Å². The van der Waals surface area contributed by atoms with Crippen molar-refractivity contribution in [1.29, 1.82) is 0 Å². The monoisotopic (exact) mass is 252 g/mol. The molecule has 2 heterocycles. The van der Waals surface area contributed by atoms with Crippen LogP contribution >= 0.6 is 24.8 Å². The lowest BCUT2D eigenvalue weighted by atomic mass is 10.3. The Morgan fingerprint density at radius 1 is 1.47 bits per heavy atom. The summed E-state index contributed by atoms with van der Waals surface area (Å²) in [6.45, 7) is 1.99. The van der Waals surface area contributed by atoms with Gasteiger partial charge in [-0.15, -0.1) is 24.8 Å². The van der Waals surface area contributed by atoms with Gasteiger partial charge in [0, 0.05) is 20.1 Å². The second-order valence-electron chi connectivity index (χ2n) is 3.08. The van der Waals surface area contributed by atoms with Crippen LogP contribution in [-0.4, -0.2) is 35.1 Å². The number of piperazine rings is 1. The molecule has 1 aliphatic heterocycles. The summed E-state index contributed by atoms with van der Waals surface area (Å²) >= 11 is 0. The second kappa shape index (κ2) is 5.95. The number of carbonyl (C=O) groups excluding carboxylic acids is 1. The van der Waals surface area contributed by atoms with Crippen molar-refractivity contribution in [3.8, 4) is 0 Å². The van der Waals surface area contributed by atoms with E-state index in [2.05, 4.69) is 10.3 Å². The van der Waals surface area contributed by atoms with E-state index in [1.54, 1.807) is 17.4 Å². The van der Waals surface area contributed by atoms with Crippen LogP contribution < -0.4 is 10.2 Å². The first-order valence-corrected chi connectivity index (χ1v) is 4.26. The molecular formula is C8H14Cl2N4O. The Bertz CT molecular complexity index is 328. The molecule has 1 aliphatic rings. The normalized spacial score (nSPS) is 15.5. The molecule has 0 unspecified atom stereocenters. The molecule has 1 fully saturated rings. The highest BCUT2D eigenvalue weighted by molar-refractivity contribution is 5.94. The van der Waals surface area contributed by atoms with Gasteiger partial charge in [0.05, 0.1) is 19.1 Å². The number of hydrogen-bond acceptors (Lipinski definition) is 3. The third-order valence-corrected chi connectivity index (χ3v) is 2.16. The molecule has 86 valence electrons. The number of nitrogens with zero attached hydrogens (tertiary/aromatic N) is 3. The van der Waals surface area contributed by atoms with Gasteiger partial charge in [0.1, 0.15) is 5.82 Å². The molecule has 1 aromatic rings. The van der Waals surface area contributed by atoms with Crippen molar-refractivity contribution in [3.05, 3.63) is 12.5 Å². The maximum Gasteiger partial charge on any atom is 0.242 e. The number of rotatable bonds is 1. The van der Waals surface area contributed by atoms with Crippen LogP contribution in [0, 0.1) is 0 Å². The summed E-state index contributed by atoms with van der Waals surface area (Å²) in [5, 5.41) is 3.03. The third-order valence-electron chi connectivity index (χ3n) is 2.16. The zero-order chi connectivity index (χ0) is 9.26. The first kappa shape index (κ1) is 14.2. The molecule has 1 saturated heterocycles. The maximum atomic E-state index is 11.5. The number of nitrogens with one attached hydrogen (secondary N) is 1. The summed E-state index contributed by atoms with van der Waals surface area (Å²) in [5.74, 6) is 0.973. The average molecular weight is 253 g/mol. The van der Waals surface area contributed by atoms with E-state index in [4.69, 9.17) is 0 Å². The number of aromatic nitrogens is 2. The van der Waals surface area contributed by atoms with Gasteiger partial charge in [0.2, 0.25) is 5.91 Å². The van der Waals surface area contributed by atoms with Gasteiger partial charge in [-0.3, -0.25) is 9.69 Å². The highest BCUT2D eigenvalue weighted by Gasteiger charge is 2.20. The van der Waals surface area contributed by atoms with E-state index in [9.17, 15) is 4.79 Å². The minimum Gasteiger partial charge on any atom is -0.320 e. The molecule has 0 aliphatic carbocycles. The van der Waals surface area contributed by atoms with E-state index in [0.717, 1.165) is 18.9 Å². The third kappa shape index (κ3) is 2.84. The Morgan fingerprint density at radius 2 is 2.20 bits per heavy atom. The fourth-order valence-electron chi connectivity index (χ4n) is 1.46. The standard InChI is InChI=1S/C8H12N4O.2ClH/c1-11-6-10-4-7(11)12-3-2-9-5-8(12)13;;/h4,6,9H,2-3,5H2,1H3;2*1H. The van der Waals surface area contributed by atoms with Crippen LogP contribution in [0.3, 0.4) is 0 Å². The molecule has 1 N–H and O–H groups in total. The Kier molecular flexibility index (Phi) is 5.64. The van der Waals surface area contributed by atoms with Gasteiger partial charge in [-0.05, 0) is 0 Å². The van der Waals surface area contributed by atoms with E-state index >= 15 is 0 Å². The highest BCUT2D eigenvalue weighted by atomic mass is 35.5. The average Bonchev–Trinajstić information content (AvgIpc) is 2.52. The van der Waals surface area contributed by atoms with E-state index in [-0.39, 0.29) is 30.7 Å². The second-order valence-corrected chi connectivity index (χ2v) is 3.08. The summed E-state index contributed by atoms with van der Waals surface area (Å²) < 4.78 is 1.85. The van der Waals surface area contributed by atoms with E-state index < -0.39 is 0 Å². The molecule has 0 atom stereocenters. The number of anilines is 1. The van der Waals surface area contributed by atoms with Crippen LogP contribution in [0.4, 0.5) is 5.82 Å². The Labute approximate surface area is 101 Å². The van der Waals surface area contributed by atoms with E-state index in [0.29, 0.717) is 6.54 Å². The first-order valence-electron chi connectivity index (χ1n) is 4.26. The van der Waals surface area contributed by atoms with Gasteiger partial charge < -0.3 is 9.88 Å². The highest BCUT2D eigenvalue weighted by Crippen LogP contribution is 2.12. The molecule has 15 heavy (non-hydrogen) atoms. The summed E-state index contributed by atoms with van der Waals surface area (Å²) in [6.07, 6.45) is 3.41. The van der Waals surface area contributed by atoms with Crippen molar-refractivity contribution in [1.82, 2.24) is 14.9 Å². The molecule has 2 rings (SSSR count). The zero-order valence-corrected chi connectivity index (χ0v) is 9.98. The van der Waals surface area contributed by atoms with Crippen molar-refractivity contribution >= 4 is 36.5 Å². The molecule has 5 nitrogen and oxygen atoms in total. The number of aryl methyl sites for hydroxylation is 1. The predicted octanol–water partition coefficient (Wildman–Crippen LogP) is 0.200. The van der Waals surface area contributed by atoms with Crippen LogP contribution in [0.1, 0.15) is 0 Å². The molecule has 1 aromatic heterocycles. The van der Waals surface area contributed by atoms with Crippen molar-refractivity contribution in [2.24, 2.45) is 7.05 Å². The van der Waals surface area contributed by atoms with Crippen molar-refractivity contribution < 1.29 is 4.79 Å². The van der Waals surface area contributed by atoms with E-state index in [1.165, 1.54) is 0 Å². The van der Waals surface area contributed by atoms with Gasteiger partial charge in [0.15, 0.2) is 0 Å². The molecule has 0 bridgehead atoms. The van der Waals surface area contributed by atoms with Gasteiger partial charge >= 0.3 is 0 Å². The number of hydrogen-bond donors (Lipinski definition) is 1. The van der Waals surface area contributed by atoms with Crippen molar-refractivity contribution in [3.63, 3.8) is 0 Å². The number of imidazole rings is 1. The Hall–Kier alpha value is -0.780. The molecule has 0 spiro atoms. The van der Waals surface area contributed by atoms with Gasteiger partial charge in [0.25, 0.3) is 0 Å². The quantitative estimate of drug-likeness (QED) is 0.777. The fraction of sp³-hybridized carbons (Fsp3) is 0.500. The van der Waals surface area contributed by atoms with Crippen LogP contribution in [0.25, 0.3) is 0 Å². The lowest BCUT2D eigenvalue weighted by molar-refractivity contribution is -0.118. The van der Waals surface area contributed by atoms with Gasteiger partial charge in [-0.1, -0.05) is 0 Å². The lowest BCUT2D eigenvalue weighted by Gasteiger charge is -2.26. The number of halogens is 2. The summed E-state index contributed by atoms with van der Waals surface area (Å²) in [5.41, 5.74) is 0. The number of carbonyl (C=O) groups is 1. The molecule has 0 radical (unpaired) electrons. The summed E-state index contributed by atoms with van der Waals surface area (Å²) in [4.78, 5) is 17.2. The topological polar surface area (TPSA) is 50.2 Å². The van der Waals surface area contributed by atoms with Crippen LogP contribution in [0.15, 0.2) is 12.5 Å². The zero-order valence-electron chi connectivity index (χ0n) is 8.34. The minimum absolute atomic E-state index is 0. The van der Waals surface area contributed by atoms with Crippen LogP contribution in [-0.2, 0) is 11.8 Å². The van der Waals surface area contributed by atoms with Crippen molar-refractivity contribution in [2.45, 2.75) is 0 Å². The molecule has 0 aromatic carbocycles. The largest absolute Gasteiger partial charge is 0.320 e. The predicted molar refractivity (Wildman–Crippen MR) is 62.9 cm³/mol. The minimum atomic E-state index is 0. The Morgan fingerprint density at radius 3 is 2.73 bits per heavy atom. The van der Waals surface area contributed by atoms with Crippen LogP contribution in [0.2, 0.25) is 0 Å². The van der Waals surface area contributed by atoms with Crippen LogP contribution in [0.5, 0.6) is 0 Å². The van der Waals surface area contributed by atoms with Gasteiger partial charge in [-0.25, -0.2) is 4.98 Å². The lowest BCUT2D eigenvalue weighted by Crippen LogP contribution is -2.48. The molecule has 0 saturated carbocycles. The van der Waals surface area contributed by atoms with Crippen molar-refractivity contribution in [2.75, 3.05) is 24.5 Å². The molecular weight excluding hydrogens is 239 g/mol. The fourth-order valence-corrected chi connectivity index (χ4v) is 1.46. The smallest absolute Gasteiger partial charge is 0.242 e. The Balaban J connectivity index is 0.000000980. The SMILES string of the molecule is Cl.Cl.Cn1cncc1N1CCNCC1=O. The molecule has 7 heteroatoms. The first-order chi connectivity index (χ1) is 6.29. The summed E-state index contributed by atoms with van der Waals surface area (Å²) in [6, 6.07) is 0. The van der Waals surface area contributed by atoms with Gasteiger partial charge in [-0.2, -0.15) is 0 Å².